The van der Waals surface area contributed by atoms with Crippen LogP contribution in [0.4, 0.5) is 9.18 Å². The first-order valence-corrected chi connectivity index (χ1v) is 13.6. The molecule has 1 unspecified atom stereocenters. The Bertz CT molecular complexity index is 821. The van der Waals surface area contributed by atoms with Gasteiger partial charge in [0, 0.05) is 12.7 Å². The van der Waals surface area contributed by atoms with Gasteiger partial charge in [0.1, 0.15) is 11.5 Å². The van der Waals surface area contributed by atoms with Crippen molar-refractivity contribution in [3.63, 3.8) is 0 Å². The Labute approximate surface area is 208 Å². The van der Waals surface area contributed by atoms with Crippen molar-refractivity contribution in [2.24, 2.45) is 23.7 Å². The smallest absolute Gasteiger partial charge is 0.431 e. The lowest BCUT2D eigenvalue weighted by Crippen LogP contribution is -2.60. The number of hydrogen-bond donors (Lipinski definition) is 1. The fraction of sp³-hybridized carbons (Fsp3) is 0.783. The molecule has 0 radical (unpaired) electrons. The second-order valence-electron chi connectivity index (χ2n) is 9.48. The molecular weight excluding hydrogens is 485 g/mol. The number of aliphatic hydroxyl groups excluding tert-OH is 1. The fourth-order valence-electron chi connectivity index (χ4n) is 4.74. The Morgan fingerprint density at radius 2 is 1.94 bits per heavy atom. The number of nitrogens with zero attached hydrogens (tertiary/aromatic N) is 1. The minimum Gasteiger partial charge on any atom is -0.431 e. The molecule has 2 fully saturated rings. The topological polar surface area (TPSA) is 102 Å². The lowest BCUT2D eigenvalue weighted by atomic mass is 9.75. The van der Waals surface area contributed by atoms with Crippen LogP contribution in [-0.2, 0) is 23.8 Å². The Balaban J connectivity index is 1.61. The van der Waals surface area contributed by atoms with Crippen LogP contribution in [0.5, 0.6) is 0 Å². The minimum absolute atomic E-state index is 0.000134. The van der Waals surface area contributed by atoms with Crippen molar-refractivity contribution in [1.82, 2.24) is 4.90 Å². The molecule has 1 saturated carbocycles. The SMILES string of the molecule is CC(OC(=O)O[C@@H]1C[C@H](C)CC[C@H]1C(C)C)OC(=O)C1=C(SCCF)S[C@@H]2[C@@H]([C@@H](C)O)C(=O)N12. The monoisotopic (exact) mass is 519 g/mol. The van der Waals surface area contributed by atoms with Gasteiger partial charge in [0.05, 0.1) is 22.9 Å². The predicted octanol–water partition coefficient (Wildman–Crippen LogP) is 4.27. The van der Waals surface area contributed by atoms with Crippen LogP contribution in [0, 0.1) is 23.7 Å². The molecule has 7 atom stereocenters. The van der Waals surface area contributed by atoms with Crippen LogP contribution in [0.15, 0.2) is 9.93 Å². The van der Waals surface area contributed by atoms with Crippen LogP contribution < -0.4 is 0 Å². The van der Waals surface area contributed by atoms with Gasteiger partial charge in [-0.15, -0.1) is 11.8 Å². The number of rotatable bonds is 9. The average molecular weight is 520 g/mol. The molecule has 2 aliphatic heterocycles. The molecule has 11 heteroatoms. The van der Waals surface area contributed by atoms with E-state index >= 15 is 0 Å². The standard InChI is InChI=1S/C23H34FNO7S2/c1-11(2)15-7-6-12(3)10-16(15)32-23(29)31-14(5)30-21(28)18-22(33-9-8-24)34-20-17(13(4)26)19(27)25(18)20/h11-17,20,26H,6-10H2,1-5H3/t12-,13-,14?,15+,16-,17+,20-/m1/s1. The van der Waals surface area contributed by atoms with Gasteiger partial charge < -0.3 is 19.3 Å². The number of esters is 1. The molecule has 1 N–H and O–H groups in total. The molecule has 34 heavy (non-hydrogen) atoms. The summed E-state index contributed by atoms with van der Waals surface area (Å²) in [6, 6.07) is 0. The number of aliphatic hydroxyl groups is 1. The van der Waals surface area contributed by atoms with Crippen LogP contribution in [0.2, 0.25) is 0 Å². The third kappa shape index (κ3) is 5.84. The predicted molar refractivity (Wildman–Crippen MR) is 127 cm³/mol. The Kier molecular flexibility index (Phi) is 9.19. The molecule has 0 bridgehead atoms. The first-order chi connectivity index (χ1) is 16.0. The maximum absolute atomic E-state index is 12.9. The number of ether oxygens (including phenoxy) is 3. The molecule has 1 saturated heterocycles. The van der Waals surface area contributed by atoms with E-state index in [4.69, 9.17) is 14.2 Å². The van der Waals surface area contributed by atoms with Gasteiger partial charge in [-0.05, 0) is 37.5 Å². The summed E-state index contributed by atoms with van der Waals surface area (Å²) in [5.41, 5.74) is 0.000134. The second kappa shape index (κ2) is 11.5. The van der Waals surface area contributed by atoms with Crippen molar-refractivity contribution in [1.29, 1.82) is 0 Å². The van der Waals surface area contributed by atoms with Gasteiger partial charge >= 0.3 is 12.1 Å². The van der Waals surface area contributed by atoms with E-state index in [1.54, 1.807) is 0 Å². The first-order valence-electron chi connectivity index (χ1n) is 11.7. The average Bonchev–Trinajstić information content (AvgIpc) is 3.05. The first kappa shape index (κ1) is 27.1. The molecule has 1 aliphatic carbocycles. The van der Waals surface area contributed by atoms with E-state index in [9.17, 15) is 23.9 Å². The Morgan fingerprint density at radius 3 is 2.56 bits per heavy atom. The highest BCUT2D eigenvalue weighted by atomic mass is 32.2. The normalized spacial score (nSPS) is 30.5. The molecule has 192 valence electrons. The molecule has 0 aromatic carbocycles. The number of thioether (sulfide) groups is 2. The number of hydrogen-bond acceptors (Lipinski definition) is 9. The summed E-state index contributed by atoms with van der Waals surface area (Å²) >= 11 is 2.34. The van der Waals surface area contributed by atoms with Crippen LogP contribution in [0.1, 0.15) is 53.9 Å². The van der Waals surface area contributed by atoms with Crippen LogP contribution >= 0.6 is 23.5 Å². The fourth-order valence-corrected chi connectivity index (χ4v) is 7.46. The second-order valence-corrected chi connectivity index (χ2v) is 12.0. The molecule has 0 spiro atoms. The molecule has 1 amide bonds. The summed E-state index contributed by atoms with van der Waals surface area (Å²) < 4.78 is 29.3. The number of fused-ring (bicyclic) bond motifs is 1. The number of carbonyl (C=O) groups is 3. The number of amides is 1. The quantitative estimate of drug-likeness (QED) is 0.272. The molecule has 0 aromatic heterocycles. The number of alkyl halides is 1. The van der Waals surface area contributed by atoms with Gasteiger partial charge in [-0.3, -0.25) is 14.1 Å². The molecule has 3 aliphatic rings. The van der Waals surface area contributed by atoms with E-state index in [0.717, 1.165) is 31.0 Å². The third-order valence-corrected chi connectivity index (χ3v) is 9.12. The zero-order valence-corrected chi connectivity index (χ0v) is 21.8. The van der Waals surface area contributed by atoms with Crippen LogP contribution in [0.3, 0.4) is 0 Å². The van der Waals surface area contributed by atoms with E-state index in [2.05, 4.69) is 20.8 Å². The zero-order valence-electron chi connectivity index (χ0n) is 20.2. The van der Waals surface area contributed by atoms with Crippen molar-refractivity contribution in [2.75, 3.05) is 12.4 Å². The zero-order chi connectivity index (χ0) is 25.2. The molecule has 8 nitrogen and oxygen atoms in total. The maximum Gasteiger partial charge on any atom is 0.511 e. The van der Waals surface area contributed by atoms with Gasteiger partial charge in [-0.2, -0.15) is 0 Å². The largest absolute Gasteiger partial charge is 0.511 e. The molecule has 3 rings (SSSR count). The summed E-state index contributed by atoms with van der Waals surface area (Å²) in [4.78, 5) is 39.1. The molecular formula is C23H34FNO7S2. The van der Waals surface area contributed by atoms with Gasteiger partial charge in [0.15, 0.2) is 5.70 Å². The minimum atomic E-state index is -1.24. The van der Waals surface area contributed by atoms with Crippen molar-refractivity contribution in [3.8, 4) is 0 Å². The summed E-state index contributed by atoms with van der Waals surface area (Å²) in [7, 11) is 0. The Hall–Kier alpha value is -1.46. The van der Waals surface area contributed by atoms with E-state index in [1.165, 1.54) is 30.5 Å². The number of β-lactam (4-membered cyclic amide) rings is 1. The van der Waals surface area contributed by atoms with Gasteiger partial charge in [0.25, 0.3) is 0 Å². The summed E-state index contributed by atoms with van der Waals surface area (Å²) in [6.07, 6.45) is -0.454. The van der Waals surface area contributed by atoms with Gasteiger partial charge in [-0.25, -0.2) is 9.59 Å². The summed E-state index contributed by atoms with van der Waals surface area (Å²) in [5, 5.41) is 9.45. The van der Waals surface area contributed by atoms with E-state index in [1.807, 2.05) is 0 Å². The highest BCUT2D eigenvalue weighted by Gasteiger charge is 2.58. The van der Waals surface area contributed by atoms with Crippen molar-refractivity contribution in [2.45, 2.75) is 77.8 Å². The summed E-state index contributed by atoms with van der Waals surface area (Å²) in [5.74, 6) is -0.722. The van der Waals surface area contributed by atoms with Crippen LogP contribution in [-0.4, -0.2) is 64.3 Å². The summed E-state index contributed by atoms with van der Waals surface area (Å²) in [6.45, 7) is 8.65. The highest BCUT2D eigenvalue weighted by Crippen LogP contribution is 2.54. The number of carbonyl (C=O) groups excluding carboxylic acids is 3. The number of halogens is 1. The van der Waals surface area contributed by atoms with Gasteiger partial charge in [-0.1, -0.05) is 39.0 Å². The third-order valence-electron chi connectivity index (χ3n) is 6.51. The van der Waals surface area contributed by atoms with Crippen LogP contribution in [0.25, 0.3) is 0 Å². The van der Waals surface area contributed by atoms with E-state index in [-0.39, 0.29) is 23.5 Å². The van der Waals surface area contributed by atoms with Gasteiger partial charge in [0.2, 0.25) is 12.2 Å². The Morgan fingerprint density at radius 1 is 1.24 bits per heavy atom. The maximum atomic E-state index is 12.9. The van der Waals surface area contributed by atoms with E-state index < -0.39 is 48.4 Å². The molecule has 0 aromatic rings. The highest BCUT2D eigenvalue weighted by molar-refractivity contribution is 8.22. The van der Waals surface area contributed by atoms with Crippen molar-refractivity contribution in [3.05, 3.63) is 9.93 Å². The van der Waals surface area contributed by atoms with Crippen molar-refractivity contribution < 1.29 is 38.1 Å². The van der Waals surface area contributed by atoms with Crippen molar-refractivity contribution >= 4 is 41.6 Å². The lowest BCUT2D eigenvalue weighted by Gasteiger charge is -2.43. The van der Waals surface area contributed by atoms with E-state index in [0.29, 0.717) is 16.1 Å². The molecule has 2 heterocycles. The lowest BCUT2D eigenvalue weighted by molar-refractivity contribution is -0.172.